The van der Waals surface area contributed by atoms with Crippen molar-refractivity contribution in [1.82, 2.24) is 4.90 Å². The smallest absolute Gasteiger partial charge is 0.326 e. The molecule has 2 aromatic rings. The average molecular weight is 307 g/mol. The number of carbonyl (C=O) groups is 2. The SMILES string of the molecule is O=C(O)[C@H]1CCCCN1C(=O)c1cc2c(F)cccc2s1. The number of piperidine rings is 1. The Morgan fingerprint density at radius 1 is 1.33 bits per heavy atom. The molecule has 1 aromatic heterocycles. The Labute approximate surface area is 124 Å². The number of hydrogen-bond donors (Lipinski definition) is 1. The Morgan fingerprint density at radius 3 is 2.86 bits per heavy atom. The minimum atomic E-state index is -0.977. The number of nitrogens with zero attached hydrogens (tertiary/aromatic N) is 1. The molecule has 0 saturated carbocycles. The molecule has 1 amide bonds. The maximum Gasteiger partial charge on any atom is 0.326 e. The fourth-order valence-corrected chi connectivity index (χ4v) is 3.73. The molecule has 1 aliphatic rings. The van der Waals surface area contributed by atoms with E-state index in [1.54, 1.807) is 12.1 Å². The van der Waals surface area contributed by atoms with E-state index < -0.39 is 12.0 Å². The third-order valence-electron chi connectivity index (χ3n) is 3.77. The van der Waals surface area contributed by atoms with Crippen molar-refractivity contribution in [2.45, 2.75) is 25.3 Å². The summed E-state index contributed by atoms with van der Waals surface area (Å²) < 4.78 is 14.4. The Bertz CT molecular complexity index is 712. The van der Waals surface area contributed by atoms with Crippen LogP contribution in [0.25, 0.3) is 10.1 Å². The van der Waals surface area contributed by atoms with Gasteiger partial charge in [-0.25, -0.2) is 9.18 Å². The normalized spacial score (nSPS) is 18.9. The van der Waals surface area contributed by atoms with Crippen LogP contribution in [-0.2, 0) is 4.79 Å². The number of fused-ring (bicyclic) bond motifs is 1. The molecule has 1 saturated heterocycles. The largest absolute Gasteiger partial charge is 0.480 e. The van der Waals surface area contributed by atoms with Gasteiger partial charge in [0.1, 0.15) is 11.9 Å². The van der Waals surface area contributed by atoms with Crippen molar-refractivity contribution in [2.75, 3.05) is 6.54 Å². The van der Waals surface area contributed by atoms with Crippen LogP contribution in [0.3, 0.4) is 0 Å². The second-order valence-electron chi connectivity index (χ2n) is 5.11. The molecule has 1 fully saturated rings. The summed E-state index contributed by atoms with van der Waals surface area (Å²) >= 11 is 1.20. The van der Waals surface area contributed by atoms with Crippen LogP contribution in [0.5, 0.6) is 0 Å². The van der Waals surface area contributed by atoms with Gasteiger partial charge in [0.2, 0.25) is 0 Å². The van der Waals surface area contributed by atoms with Gasteiger partial charge in [-0.1, -0.05) is 6.07 Å². The molecule has 0 unspecified atom stereocenters. The lowest BCUT2D eigenvalue weighted by atomic mass is 10.0. The molecule has 110 valence electrons. The lowest BCUT2D eigenvalue weighted by Crippen LogP contribution is -2.47. The highest BCUT2D eigenvalue weighted by Crippen LogP contribution is 2.30. The van der Waals surface area contributed by atoms with Crippen LogP contribution in [0.1, 0.15) is 28.9 Å². The van der Waals surface area contributed by atoms with Gasteiger partial charge >= 0.3 is 5.97 Å². The summed E-state index contributed by atoms with van der Waals surface area (Å²) in [6, 6.07) is 5.45. The zero-order chi connectivity index (χ0) is 15.0. The zero-order valence-electron chi connectivity index (χ0n) is 11.2. The first-order chi connectivity index (χ1) is 10.1. The van der Waals surface area contributed by atoms with Gasteiger partial charge in [0.05, 0.1) is 4.88 Å². The van der Waals surface area contributed by atoms with Crippen molar-refractivity contribution < 1.29 is 19.1 Å². The van der Waals surface area contributed by atoms with Gasteiger partial charge in [-0.2, -0.15) is 0 Å². The van der Waals surface area contributed by atoms with Crippen LogP contribution in [0.2, 0.25) is 0 Å². The van der Waals surface area contributed by atoms with Crippen LogP contribution in [0.15, 0.2) is 24.3 Å². The van der Waals surface area contributed by atoms with E-state index in [1.165, 1.54) is 28.4 Å². The number of rotatable bonds is 2. The van der Waals surface area contributed by atoms with Gasteiger partial charge in [0, 0.05) is 16.6 Å². The lowest BCUT2D eigenvalue weighted by molar-refractivity contribution is -0.143. The first-order valence-corrected chi connectivity index (χ1v) is 7.61. The van der Waals surface area contributed by atoms with E-state index in [4.69, 9.17) is 0 Å². The van der Waals surface area contributed by atoms with Crippen LogP contribution in [0.4, 0.5) is 4.39 Å². The fourth-order valence-electron chi connectivity index (χ4n) is 2.70. The van der Waals surface area contributed by atoms with E-state index in [9.17, 15) is 19.1 Å². The Balaban J connectivity index is 1.95. The molecule has 6 heteroatoms. The van der Waals surface area contributed by atoms with Crippen molar-refractivity contribution >= 4 is 33.3 Å². The van der Waals surface area contributed by atoms with Crippen LogP contribution < -0.4 is 0 Å². The van der Waals surface area contributed by atoms with Crippen molar-refractivity contribution in [3.63, 3.8) is 0 Å². The number of likely N-dealkylation sites (tertiary alicyclic amines) is 1. The molecule has 0 aliphatic carbocycles. The molecule has 1 atom stereocenters. The molecule has 3 rings (SSSR count). The van der Waals surface area contributed by atoms with Crippen LogP contribution in [-0.4, -0.2) is 34.5 Å². The molecule has 0 radical (unpaired) electrons. The summed E-state index contributed by atoms with van der Waals surface area (Å²) in [4.78, 5) is 25.6. The summed E-state index contributed by atoms with van der Waals surface area (Å²) in [5.74, 6) is -1.66. The fraction of sp³-hybridized carbons (Fsp3) is 0.333. The predicted molar refractivity (Wildman–Crippen MR) is 78.1 cm³/mol. The average Bonchev–Trinajstić information content (AvgIpc) is 2.92. The minimum absolute atomic E-state index is 0.317. The minimum Gasteiger partial charge on any atom is -0.480 e. The molecule has 2 heterocycles. The third kappa shape index (κ3) is 2.51. The number of halogens is 1. The second-order valence-corrected chi connectivity index (χ2v) is 6.19. The molecule has 1 aliphatic heterocycles. The third-order valence-corrected chi connectivity index (χ3v) is 4.86. The molecular formula is C15H14FNO3S. The number of hydrogen-bond acceptors (Lipinski definition) is 3. The number of aliphatic carboxylic acids is 1. The van der Waals surface area contributed by atoms with Gasteiger partial charge in [-0.15, -0.1) is 11.3 Å². The van der Waals surface area contributed by atoms with E-state index in [0.717, 1.165) is 12.8 Å². The van der Waals surface area contributed by atoms with Gasteiger partial charge < -0.3 is 10.0 Å². The monoisotopic (exact) mass is 307 g/mol. The van der Waals surface area contributed by atoms with Gasteiger partial charge in [0.25, 0.3) is 5.91 Å². The first kappa shape index (κ1) is 14.0. The molecule has 0 spiro atoms. The summed E-state index contributed by atoms with van der Waals surface area (Å²) in [6.07, 6.45) is 2.08. The quantitative estimate of drug-likeness (QED) is 0.927. The number of carboxylic acid groups (broad SMARTS) is 1. The second kappa shape index (κ2) is 5.44. The number of carbonyl (C=O) groups excluding carboxylic acids is 1. The van der Waals surface area contributed by atoms with Gasteiger partial charge in [-0.05, 0) is 37.5 Å². The summed E-state index contributed by atoms with van der Waals surface area (Å²) in [5, 5.41) is 9.65. The Morgan fingerprint density at radius 2 is 2.14 bits per heavy atom. The molecule has 21 heavy (non-hydrogen) atoms. The maximum absolute atomic E-state index is 13.7. The van der Waals surface area contributed by atoms with E-state index in [0.29, 0.717) is 27.9 Å². The Hall–Kier alpha value is -1.95. The van der Waals surface area contributed by atoms with E-state index >= 15 is 0 Å². The zero-order valence-corrected chi connectivity index (χ0v) is 12.0. The highest BCUT2D eigenvalue weighted by Gasteiger charge is 2.33. The highest BCUT2D eigenvalue weighted by molar-refractivity contribution is 7.20. The first-order valence-electron chi connectivity index (χ1n) is 6.80. The molecule has 1 aromatic carbocycles. The van der Waals surface area contributed by atoms with Crippen molar-refractivity contribution in [1.29, 1.82) is 0 Å². The summed E-state index contributed by atoms with van der Waals surface area (Å²) in [6.45, 7) is 0.437. The van der Waals surface area contributed by atoms with E-state index in [-0.39, 0.29) is 11.7 Å². The molecule has 1 N–H and O–H groups in total. The standard InChI is InChI=1S/C15H14FNO3S/c16-10-4-3-6-12-9(10)8-13(21-12)14(18)17-7-2-1-5-11(17)15(19)20/h3-4,6,8,11H,1-2,5,7H2,(H,19,20)/t11-/m1/s1. The van der Waals surface area contributed by atoms with Crippen LogP contribution >= 0.6 is 11.3 Å². The number of amides is 1. The van der Waals surface area contributed by atoms with E-state index in [1.807, 2.05) is 0 Å². The molecular weight excluding hydrogens is 293 g/mol. The lowest BCUT2D eigenvalue weighted by Gasteiger charge is -2.32. The van der Waals surface area contributed by atoms with Gasteiger partial charge in [-0.3, -0.25) is 4.79 Å². The van der Waals surface area contributed by atoms with Crippen molar-refractivity contribution in [3.05, 3.63) is 35.0 Å². The van der Waals surface area contributed by atoms with E-state index in [2.05, 4.69) is 0 Å². The number of carboxylic acids is 1. The molecule has 0 bridgehead atoms. The topological polar surface area (TPSA) is 57.6 Å². The molecule has 4 nitrogen and oxygen atoms in total. The summed E-state index contributed by atoms with van der Waals surface area (Å²) in [5.41, 5.74) is 0. The Kier molecular flexibility index (Phi) is 3.63. The number of benzene rings is 1. The number of thiophene rings is 1. The maximum atomic E-state index is 13.7. The van der Waals surface area contributed by atoms with Crippen molar-refractivity contribution in [3.8, 4) is 0 Å². The van der Waals surface area contributed by atoms with Crippen LogP contribution in [0, 0.1) is 5.82 Å². The summed E-state index contributed by atoms with van der Waals surface area (Å²) in [7, 11) is 0. The van der Waals surface area contributed by atoms with Gasteiger partial charge in [0.15, 0.2) is 0 Å². The van der Waals surface area contributed by atoms with Crippen molar-refractivity contribution in [2.24, 2.45) is 0 Å². The highest BCUT2D eigenvalue weighted by atomic mass is 32.1. The predicted octanol–water partition coefficient (Wildman–Crippen LogP) is 3.12.